The van der Waals surface area contributed by atoms with Gasteiger partial charge in [-0.15, -0.1) is 21.5 Å². The smallest absolute Gasteiger partial charge is 0.163 e. The zero-order chi connectivity index (χ0) is 12.8. The molecule has 4 heterocycles. The van der Waals surface area contributed by atoms with E-state index in [0.29, 0.717) is 0 Å². The highest BCUT2D eigenvalue weighted by molar-refractivity contribution is 7.10. The summed E-state index contributed by atoms with van der Waals surface area (Å²) >= 11 is 1.82. The van der Waals surface area contributed by atoms with Crippen molar-refractivity contribution in [3.8, 4) is 0 Å². The van der Waals surface area contributed by atoms with Crippen molar-refractivity contribution in [3.05, 3.63) is 45.8 Å². The van der Waals surface area contributed by atoms with Gasteiger partial charge < -0.3 is 5.32 Å². The Bertz CT molecular complexity index is 744. The molecule has 0 spiro atoms. The van der Waals surface area contributed by atoms with E-state index in [0.717, 1.165) is 30.1 Å². The second-order valence-electron chi connectivity index (χ2n) is 4.75. The second kappa shape index (κ2) is 4.11. The van der Waals surface area contributed by atoms with Gasteiger partial charge in [0.15, 0.2) is 11.5 Å². The highest BCUT2D eigenvalue weighted by Crippen LogP contribution is 2.31. The van der Waals surface area contributed by atoms with Crippen LogP contribution in [0.1, 0.15) is 28.0 Å². The predicted molar refractivity (Wildman–Crippen MR) is 73.4 cm³/mol. The first-order valence-corrected chi connectivity index (χ1v) is 7.18. The fourth-order valence-corrected chi connectivity index (χ4v) is 3.50. The summed E-state index contributed by atoms with van der Waals surface area (Å²) < 4.78 is 1.97. The van der Waals surface area contributed by atoms with Gasteiger partial charge in [0.1, 0.15) is 6.33 Å². The highest BCUT2D eigenvalue weighted by atomic mass is 32.1. The van der Waals surface area contributed by atoms with Crippen LogP contribution >= 0.6 is 11.3 Å². The van der Waals surface area contributed by atoms with Gasteiger partial charge >= 0.3 is 0 Å². The number of hydrogen-bond donors (Lipinski definition) is 1. The third-order valence-corrected chi connectivity index (χ3v) is 4.51. The van der Waals surface area contributed by atoms with Crippen LogP contribution in [0.4, 0.5) is 0 Å². The monoisotopic (exact) mass is 271 g/mol. The average molecular weight is 271 g/mol. The predicted octanol–water partition coefficient (Wildman–Crippen LogP) is 1.73. The molecule has 0 aliphatic carbocycles. The minimum Gasteiger partial charge on any atom is -0.303 e. The number of fused-ring (bicyclic) bond motifs is 2. The molecule has 4 rings (SSSR count). The molecule has 6 heteroatoms. The summed E-state index contributed by atoms with van der Waals surface area (Å²) in [7, 11) is 0. The Morgan fingerprint density at radius 2 is 2.37 bits per heavy atom. The molecule has 1 aliphatic heterocycles. The highest BCUT2D eigenvalue weighted by Gasteiger charge is 2.26. The molecule has 1 unspecified atom stereocenters. The first kappa shape index (κ1) is 11.1. The van der Waals surface area contributed by atoms with Gasteiger partial charge in [0.05, 0.1) is 6.04 Å². The first-order chi connectivity index (χ1) is 9.33. The Morgan fingerprint density at radius 1 is 1.42 bits per heavy atom. The number of thiophene rings is 1. The van der Waals surface area contributed by atoms with Crippen LogP contribution in [0.5, 0.6) is 0 Å². The van der Waals surface area contributed by atoms with Gasteiger partial charge in [-0.3, -0.25) is 4.40 Å². The van der Waals surface area contributed by atoms with Crippen molar-refractivity contribution in [2.45, 2.75) is 19.4 Å². The lowest BCUT2D eigenvalue weighted by Crippen LogP contribution is -2.30. The minimum absolute atomic E-state index is 0.120. The number of aromatic nitrogens is 4. The third-order valence-electron chi connectivity index (χ3n) is 3.51. The van der Waals surface area contributed by atoms with Crippen LogP contribution in [0.25, 0.3) is 5.65 Å². The molecule has 1 aliphatic rings. The molecule has 0 fully saturated rings. The van der Waals surface area contributed by atoms with E-state index in [2.05, 4.69) is 31.9 Å². The Balaban J connectivity index is 1.88. The lowest BCUT2D eigenvalue weighted by molar-refractivity contribution is 0.545. The summed E-state index contributed by atoms with van der Waals surface area (Å²) in [5.74, 6) is 0.918. The second-order valence-corrected chi connectivity index (χ2v) is 5.75. The molecule has 19 heavy (non-hydrogen) atoms. The van der Waals surface area contributed by atoms with E-state index in [1.807, 2.05) is 35.1 Å². The molecule has 0 saturated carbocycles. The molecule has 3 aromatic heterocycles. The Kier molecular flexibility index (Phi) is 2.39. The summed E-state index contributed by atoms with van der Waals surface area (Å²) in [6.07, 6.45) is 2.90. The topological polar surface area (TPSA) is 55.1 Å². The lowest BCUT2D eigenvalue weighted by Gasteiger charge is -2.22. The normalized spacial score (nSPS) is 18.7. The number of aryl methyl sites for hydroxylation is 1. The Morgan fingerprint density at radius 3 is 3.32 bits per heavy atom. The van der Waals surface area contributed by atoms with Crippen LogP contribution in [0.3, 0.4) is 0 Å². The quantitative estimate of drug-likeness (QED) is 0.732. The van der Waals surface area contributed by atoms with Crippen molar-refractivity contribution < 1.29 is 0 Å². The molecular formula is C13H13N5S. The van der Waals surface area contributed by atoms with Crippen molar-refractivity contribution >= 4 is 17.0 Å². The Hall–Kier alpha value is -1.79. The molecule has 96 valence electrons. The van der Waals surface area contributed by atoms with E-state index < -0.39 is 0 Å². The van der Waals surface area contributed by atoms with E-state index in [4.69, 9.17) is 0 Å². The van der Waals surface area contributed by atoms with Gasteiger partial charge in [-0.25, -0.2) is 4.98 Å². The van der Waals surface area contributed by atoms with Gasteiger partial charge in [0.2, 0.25) is 0 Å². The molecule has 3 aromatic rings. The standard InChI is InChI=1S/C13H13N5S/c1-8-6-11-16-17-13(18(11)7-15-8)12-9-3-5-19-10(9)2-4-14-12/h3,5-7,12,14H,2,4H2,1H3. The van der Waals surface area contributed by atoms with Crippen LogP contribution in [0, 0.1) is 6.92 Å². The number of rotatable bonds is 1. The van der Waals surface area contributed by atoms with Crippen molar-refractivity contribution in [1.82, 2.24) is 24.9 Å². The summed E-state index contributed by atoms with van der Waals surface area (Å²) in [6, 6.07) is 4.25. The number of nitrogens with zero attached hydrogens (tertiary/aromatic N) is 4. The van der Waals surface area contributed by atoms with Crippen LogP contribution in [0.15, 0.2) is 23.8 Å². The number of nitrogens with one attached hydrogen (secondary N) is 1. The van der Waals surface area contributed by atoms with Crippen molar-refractivity contribution in [2.75, 3.05) is 6.54 Å². The zero-order valence-corrected chi connectivity index (χ0v) is 11.3. The molecule has 1 atom stereocenters. The maximum Gasteiger partial charge on any atom is 0.163 e. The van der Waals surface area contributed by atoms with Crippen LogP contribution < -0.4 is 5.32 Å². The summed E-state index contributed by atoms with van der Waals surface area (Å²) in [4.78, 5) is 5.78. The number of hydrogen-bond acceptors (Lipinski definition) is 5. The van der Waals surface area contributed by atoms with E-state index in [9.17, 15) is 0 Å². The van der Waals surface area contributed by atoms with Gasteiger partial charge in [-0.2, -0.15) is 0 Å². The van der Waals surface area contributed by atoms with E-state index >= 15 is 0 Å². The zero-order valence-electron chi connectivity index (χ0n) is 10.5. The Labute approximate surface area is 114 Å². The average Bonchev–Trinajstić information content (AvgIpc) is 3.03. The van der Waals surface area contributed by atoms with E-state index in [-0.39, 0.29) is 6.04 Å². The van der Waals surface area contributed by atoms with Crippen molar-refractivity contribution in [3.63, 3.8) is 0 Å². The molecule has 0 radical (unpaired) electrons. The van der Waals surface area contributed by atoms with Crippen LogP contribution in [0.2, 0.25) is 0 Å². The minimum atomic E-state index is 0.120. The fourth-order valence-electron chi connectivity index (χ4n) is 2.58. The van der Waals surface area contributed by atoms with Gasteiger partial charge in [0.25, 0.3) is 0 Å². The molecule has 5 nitrogen and oxygen atoms in total. The fraction of sp³-hybridized carbons (Fsp3) is 0.308. The first-order valence-electron chi connectivity index (χ1n) is 6.30. The van der Waals surface area contributed by atoms with Crippen molar-refractivity contribution in [1.29, 1.82) is 0 Å². The maximum absolute atomic E-state index is 4.35. The summed E-state index contributed by atoms with van der Waals surface area (Å²) in [5.41, 5.74) is 3.14. The van der Waals surface area contributed by atoms with Gasteiger partial charge in [-0.1, -0.05) is 0 Å². The van der Waals surface area contributed by atoms with Crippen LogP contribution in [-0.4, -0.2) is 26.1 Å². The molecule has 0 aromatic carbocycles. The largest absolute Gasteiger partial charge is 0.303 e. The molecule has 1 N–H and O–H groups in total. The molecular weight excluding hydrogens is 258 g/mol. The van der Waals surface area contributed by atoms with E-state index in [1.54, 1.807) is 0 Å². The third kappa shape index (κ3) is 1.67. The molecule has 0 saturated heterocycles. The summed E-state index contributed by atoms with van der Waals surface area (Å²) in [6.45, 7) is 2.94. The van der Waals surface area contributed by atoms with E-state index in [1.165, 1.54) is 10.4 Å². The maximum atomic E-state index is 4.35. The lowest BCUT2D eigenvalue weighted by atomic mass is 10.0. The summed E-state index contributed by atoms with van der Waals surface area (Å²) in [5, 5.41) is 14.3. The van der Waals surface area contributed by atoms with Crippen LogP contribution in [-0.2, 0) is 6.42 Å². The van der Waals surface area contributed by atoms with Gasteiger partial charge in [-0.05, 0) is 30.4 Å². The van der Waals surface area contributed by atoms with Gasteiger partial charge in [0, 0.05) is 23.2 Å². The SMILES string of the molecule is Cc1cc2nnc(C3NCCc4sccc43)n2cn1. The molecule has 0 bridgehead atoms. The van der Waals surface area contributed by atoms with Crippen molar-refractivity contribution in [2.24, 2.45) is 0 Å². The molecule has 0 amide bonds.